The molecule has 0 fully saturated rings. The van der Waals surface area contributed by atoms with Crippen molar-refractivity contribution >= 4 is 25.3 Å². The van der Waals surface area contributed by atoms with Crippen molar-refractivity contribution in [2.75, 3.05) is 0 Å². The van der Waals surface area contributed by atoms with Gasteiger partial charge in [0.15, 0.2) is 0 Å². The number of hydrogen-bond donors (Lipinski definition) is 3. The van der Waals surface area contributed by atoms with Crippen LogP contribution in [0, 0.1) is 0 Å². The van der Waals surface area contributed by atoms with Crippen LogP contribution in [0.3, 0.4) is 0 Å². The molecule has 1 N–H and O–H groups in total. The van der Waals surface area contributed by atoms with Gasteiger partial charge >= 0.3 is 0 Å². The summed E-state index contributed by atoms with van der Waals surface area (Å²) in [7, 11) is 0. The van der Waals surface area contributed by atoms with Crippen molar-refractivity contribution in [2.45, 2.75) is 23.8 Å². The first-order valence-corrected chi connectivity index (χ1v) is 4.74. The smallest absolute Gasteiger partial charge is 0.0885 e. The Hall–Kier alpha value is -0.0900. The minimum atomic E-state index is -0.0342. The lowest BCUT2D eigenvalue weighted by molar-refractivity contribution is 0.851. The van der Waals surface area contributed by atoms with Gasteiger partial charge in [-0.15, -0.1) is 0 Å². The van der Waals surface area contributed by atoms with Crippen LogP contribution in [-0.4, -0.2) is 10.2 Å². The van der Waals surface area contributed by atoms with Crippen LogP contribution in [-0.2, 0) is 12.8 Å². The first-order chi connectivity index (χ1) is 5.29. The quantitative estimate of drug-likeness (QED) is 0.452. The van der Waals surface area contributed by atoms with Crippen LogP contribution in [0.1, 0.15) is 28.0 Å². The fraction of sp³-hybridized carbons (Fsp3) is 0.571. The van der Waals surface area contributed by atoms with E-state index in [4.69, 9.17) is 0 Å². The zero-order valence-corrected chi connectivity index (χ0v) is 7.83. The number of nitrogens with zero attached hydrogens (tertiary/aromatic N) is 1. The van der Waals surface area contributed by atoms with Crippen LogP contribution < -0.4 is 0 Å². The average molecular weight is 186 g/mol. The number of H-pyrrole nitrogens is 1. The van der Waals surface area contributed by atoms with Crippen molar-refractivity contribution in [3.05, 3.63) is 17.0 Å². The second kappa shape index (κ2) is 2.75. The monoisotopic (exact) mass is 186 g/mol. The van der Waals surface area contributed by atoms with Crippen LogP contribution in [0.4, 0.5) is 0 Å². The van der Waals surface area contributed by atoms with Crippen molar-refractivity contribution in [1.82, 2.24) is 10.2 Å². The number of hydrogen-bond acceptors (Lipinski definition) is 3. The van der Waals surface area contributed by atoms with Crippen LogP contribution in [0.5, 0.6) is 0 Å². The van der Waals surface area contributed by atoms with Gasteiger partial charge in [0.1, 0.15) is 0 Å². The summed E-state index contributed by atoms with van der Waals surface area (Å²) in [6.07, 6.45) is 3.51. The molecular weight excluding hydrogens is 176 g/mol. The van der Waals surface area contributed by atoms with Crippen molar-refractivity contribution in [3.8, 4) is 0 Å². The number of aromatic amines is 1. The molecule has 0 aromatic carbocycles. The molecule has 1 aliphatic rings. The lowest BCUT2D eigenvalue weighted by Gasteiger charge is -1.99. The third kappa shape index (κ3) is 1.18. The van der Waals surface area contributed by atoms with Gasteiger partial charge in [-0.25, -0.2) is 0 Å². The van der Waals surface area contributed by atoms with Crippen LogP contribution in [0.2, 0.25) is 0 Å². The molecule has 2 nitrogen and oxygen atoms in total. The van der Waals surface area contributed by atoms with E-state index in [2.05, 4.69) is 35.5 Å². The van der Waals surface area contributed by atoms with Crippen molar-refractivity contribution in [1.29, 1.82) is 0 Å². The summed E-state index contributed by atoms with van der Waals surface area (Å²) in [5.41, 5.74) is 3.65. The lowest BCUT2D eigenvalue weighted by Crippen LogP contribution is -1.88. The van der Waals surface area contributed by atoms with Crippen LogP contribution in [0.15, 0.2) is 0 Å². The van der Waals surface area contributed by atoms with Crippen LogP contribution >= 0.6 is 25.3 Å². The Morgan fingerprint density at radius 3 is 2.91 bits per heavy atom. The second-order valence-electron chi connectivity index (χ2n) is 2.79. The zero-order chi connectivity index (χ0) is 7.84. The minimum Gasteiger partial charge on any atom is -0.282 e. The summed E-state index contributed by atoms with van der Waals surface area (Å²) in [5, 5.41) is 7.18. The van der Waals surface area contributed by atoms with Gasteiger partial charge in [-0.1, -0.05) is 0 Å². The third-order valence-electron chi connectivity index (χ3n) is 2.08. The Labute approximate surface area is 76.6 Å². The van der Waals surface area contributed by atoms with Crippen molar-refractivity contribution in [3.63, 3.8) is 0 Å². The molecule has 0 spiro atoms. The number of fused-ring (bicyclic) bond motifs is 1. The SMILES string of the molecule is SC(S)c1n[nH]c2c1CCC2. The van der Waals surface area contributed by atoms with Gasteiger partial charge in [0.2, 0.25) is 0 Å². The van der Waals surface area contributed by atoms with Gasteiger partial charge in [0.05, 0.1) is 10.3 Å². The maximum Gasteiger partial charge on any atom is 0.0885 e. The molecule has 1 heterocycles. The fourth-order valence-corrected chi connectivity index (χ4v) is 1.99. The van der Waals surface area contributed by atoms with E-state index in [9.17, 15) is 0 Å². The molecular formula is C7H10N2S2. The average Bonchev–Trinajstić information content (AvgIpc) is 2.41. The number of aryl methyl sites for hydroxylation is 1. The molecule has 0 amide bonds. The summed E-state index contributed by atoms with van der Waals surface area (Å²) in [5.74, 6) is 0. The molecule has 1 aromatic heterocycles. The molecule has 0 unspecified atom stereocenters. The molecule has 1 aliphatic carbocycles. The number of aromatic nitrogens is 2. The van der Waals surface area contributed by atoms with E-state index in [1.54, 1.807) is 0 Å². The summed E-state index contributed by atoms with van der Waals surface area (Å²) >= 11 is 8.47. The first-order valence-electron chi connectivity index (χ1n) is 3.71. The van der Waals surface area contributed by atoms with E-state index >= 15 is 0 Å². The van der Waals surface area contributed by atoms with Crippen molar-refractivity contribution < 1.29 is 0 Å². The Morgan fingerprint density at radius 1 is 1.36 bits per heavy atom. The van der Waals surface area contributed by atoms with E-state index in [1.807, 2.05) is 0 Å². The summed E-state index contributed by atoms with van der Waals surface area (Å²) in [4.78, 5) is 0. The molecule has 0 radical (unpaired) electrons. The summed E-state index contributed by atoms with van der Waals surface area (Å²) in [6.45, 7) is 0. The largest absolute Gasteiger partial charge is 0.282 e. The van der Waals surface area contributed by atoms with Gasteiger partial charge in [-0.05, 0) is 24.8 Å². The maximum atomic E-state index is 4.23. The van der Waals surface area contributed by atoms with E-state index in [0.29, 0.717) is 0 Å². The van der Waals surface area contributed by atoms with Gasteiger partial charge in [0.25, 0.3) is 0 Å². The Bertz CT molecular complexity index is 267. The minimum absolute atomic E-state index is 0.0342. The molecule has 0 saturated heterocycles. The third-order valence-corrected chi connectivity index (χ3v) is 2.57. The number of rotatable bonds is 1. The van der Waals surface area contributed by atoms with E-state index in [-0.39, 0.29) is 4.58 Å². The predicted octanol–water partition coefficient (Wildman–Crippen LogP) is 1.76. The van der Waals surface area contributed by atoms with Crippen LogP contribution in [0.25, 0.3) is 0 Å². The van der Waals surface area contributed by atoms with Gasteiger partial charge in [0, 0.05) is 5.69 Å². The predicted molar refractivity (Wildman–Crippen MR) is 51.3 cm³/mol. The number of nitrogens with one attached hydrogen (secondary N) is 1. The summed E-state index contributed by atoms with van der Waals surface area (Å²) in [6, 6.07) is 0. The van der Waals surface area contributed by atoms with E-state index in [0.717, 1.165) is 18.5 Å². The summed E-state index contributed by atoms with van der Waals surface area (Å²) < 4.78 is -0.0342. The molecule has 2 rings (SSSR count). The van der Waals surface area contributed by atoms with Crippen molar-refractivity contribution in [2.24, 2.45) is 0 Å². The Balaban J connectivity index is 2.42. The maximum absolute atomic E-state index is 4.23. The standard InChI is InChI=1S/C7H10N2S2/c10-7(11)6-4-2-1-3-5(4)8-9-6/h7,10-11H,1-3H2,(H,8,9). The second-order valence-corrected chi connectivity index (χ2v) is 4.23. The van der Waals surface area contributed by atoms with Gasteiger partial charge in [-0.3, -0.25) is 5.10 Å². The molecule has 0 atom stereocenters. The Morgan fingerprint density at radius 2 is 2.18 bits per heavy atom. The molecule has 0 aliphatic heterocycles. The lowest BCUT2D eigenvalue weighted by atomic mass is 10.2. The van der Waals surface area contributed by atoms with E-state index in [1.165, 1.54) is 17.7 Å². The topological polar surface area (TPSA) is 28.7 Å². The molecule has 1 aromatic rings. The van der Waals surface area contributed by atoms with Gasteiger partial charge < -0.3 is 0 Å². The first kappa shape index (κ1) is 7.55. The molecule has 0 bridgehead atoms. The molecule has 0 saturated carbocycles. The normalized spacial score (nSPS) is 15.9. The fourth-order valence-electron chi connectivity index (χ4n) is 1.56. The highest BCUT2D eigenvalue weighted by Gasteiger charge is 2.20. The zero-order valence-electron chi connectivity index (χ0n) is 6.04. The van der Waals surface area contributed by atoms with Gasteiger partial charge in [-0.2, -0.15) is 30.4 Å². The number of thiol groups is 2. The highest BCUT2D eigenvalue weighted by atomic mass is 32.2. The molecule has 4 heteroatoms. The van der Waals surface area contributed by atoms with E-state index < -0.39 is 0 Å². The Kier molecular flexibility index (Phi) is 1.89. The molecule has 60 valence electrons. The highest BCUT2D eigenvalue weighted by molar-refractivity contribution is 7.98. The molecule has 11 heavy (non-hydrogen) atoms. The highest BCUT2D eigenvalue weighted by Crippen LogP contribution is 2.31.